The fourth-order valence-corrected chi connectivity index (χ4v) is 2.57. The molecule has 0 aliphatic carbocycles. The lowest BCUT2D eigenvalue weighted by atomic mass is 10.1. The zero-order valence-electron chi connectivity index (χ0n) is 10.4. The third kappa shape index (κ3) is 2.86. The van der Waals surface area contributed by atoms with Gasteiger partial charge in [-0.25, -0.2) is 4.98 Å². The molecule has 0 radical (unpaired) electrons. The number of rotatable bonds is 4. The second-order valence-electron chi connectivity index (χ2n) is 4.13. The molecule has 94 valence electrons. The van der Waals surface area contributed by atoms with Gasteiger partial charge in [0.05, 0.1) is 17.7 Å². The lowest BCUT2D eigenvalue weighted by molar-refractivity contribution is 1.12. The van der Waals surface area contributed by atoms with Gasteiger partial charge in [0, 0.05) is 16.1 Å². The van der Waals surface area contributed by atoms with Gasteiger partial charge in [0.1, 0.15) is 4.99 Å². The summed E-state index contributed by atoms with van der Waals surface area (Å²) in [6, 6.07) is 6.06. The molecule has 0 bridgehead atoms. The molecule has 0 aliphatic heterocycles. The average Bonchev–Trinajstić information content (AvgIpc) is 2.73. The second kappa shape index (κ2) is 5.46. The Morgan fingerprint density at radius 1 is 1.44 bits per heavy atom. The summed E-state index contributed by atoms with van der Waals surface area (Å²) in [6.07, 6.45) is 0. The molecule has 0 saturated carbocycles. The number of nitrogens with one attached hydrogen (secondary N) is 1. The first-order valence-corrected chi connectivity index (χ1v) is 6.90. The number of hydrogen-bond donors (Lipinski definition) is 2. The minimum absolute atomic E-state index is 0.419. The van der Waals surface area contributed by atoms with Crippen LogP contribution in [0, 0.1) is 13.8 Å². The molecule has 0 fully saturated rings. The van der Waals surface area contributed by atoms with Crippen molar-refractivity contribution in [2.75, 3.05) is 5.32 Å². The number of thiocarbonyl (C=S) groups is 1. The van der Waals surface area contributed by atoms with Crippen LogP contribution in [0.3, 0.4) is 0 Å². The Bertz CT molecular complexity index is 575. The lowest BCUT2D eigenvalue weighted by Gasteiger charge is -2.11. The van der Waals surface area contributed by atoms with Crippen molar-refractivity contribution >= 4 is 34.2 Å². The normalized spacial score (nSPS) is 10.3. The van der Waals surface area contributed by atoms with E-state index >= 15 is 0 Å². The molecule has 0 atom stereocenters. The van der Waals surface area contributed by atoms with E-state index in [2.05, 4.69) is 10.3 Å². The summed E-state index contributed by atoms with van der Waals surface area (Å²) in [5.74, 6) is 0. The molecule has 0 aliphatic rings. The summed E-state index contributed by atoms with van der Waals surface area (Å²) in [4.78, 5) is 5.87. The minimum Gasteiger partial charge on any atom is -0.389 e. The number of benzene rings is 1. The molecule has 1 aromatic heterocycles. The first-order valence-electron chi connectivity index (χ1n) is 5.61. The Labute approximate surface area is 116 Å². The van der Waals surface area contributed by atoms with Gasteiger partial charge in [0.2, 0.25) is 0 Å². The van der Waals surface area contributed by atoms with Crippen LogP contribution in [0.2, 0.25) is 0 Å². The van der Waals surface area contributed by atoms with E-state index in [1.807, 2.05) is 37.6 Å². The van der Waals surface area contributed by atoms with Crippen molar-refractivity contribution in [2.45, 2.75) is 20.4 Å². The van der Waals surface area contributed by atoms with Crippen molar-refractivity contribution in [1.29, 1.82) is 0 Å². The van der Waals surface area contributed by atoms with Crippen LogP contribution < -0.4 is 11.1 Å². The molecule has 18 heavy (non-hydrogen) atoms. The van der Waals surface area contributed by atoms with Crippen molar-refractivity contribution < 1.29 is 0 Å². The largest absolute Gasteiger partial charge is 0.389 e. The monoisotopic (exact) mass is 277 g/mol. The van der Waals surface area contributed by atoms with E-state index < -0.39 is 0 Å². The van der Waals surface area contributed by atoms with Crippen LogP contribution in [0.1, 0.15) is 21.7 Å². The summed E-state index contributed by atoms with van der Waals surface area (Å²) >= 11 is 6.73. The fourth-order valence-electron chi connectivity index (χ4n) is 1.69. The lowest BCUT2D eigenvalue weighted by Crippen LogP contribution is -2.13. The maximum absolute atomic E-state index is 5.74. The number of thiazole rings is 1. The Hall–Kier alpha value is -1.46. The molecular formula is C13H15N3S2. The smallest absolute Gasteiger partial charge is 0.106 e. The number of hydrogen-bond acceptors (Lipinski definition) is 4. The van der Waals surface area contributed by atoms with Gasteiger partial charge in [-0.3, -0.25) is 0 Å². The zero-order valence-corrected chi connectivity index (χ0v) is 12.0. The van der Waals surface area contributed by atoms with Gasteiger partial charge in [-0.1, -0.05) is 23.8 Å². The standard InChI is InChI=1S/C13H15N3S2/c1-8-3-4-11(10(5-8)13(14)17)15-6-12-9(2)16-7-18-12/h3-5,7,15H,6H2,1-2H3,(H2,14,17). The van der Waals surface area contributed by atoms with E-state index in [-0.39, 0.29) is 0 Å². The van der Waals surface area contributed by atoms with E-state index in [1.54, 1.807) is 11.3 Å². The Morgan fingerprint density at radius 2 is 2.22 bits per heavy atom. The fraction of sp³-hybridized carbons (Fsp3) is 0.231. The Kier molecular flexibility index (Phi) is 3.93. The number of aryl methyl sites for hydroxylation is 2. The third-order valence-electron chi connectivity index (χ3n) is 2.72. The van der Waals surface area contributed by atoms with E-state index in [4.69, 9.17) is 18.0 Å². The highest BCUT2D eigenvalue weighted by molar-refractivity contribution is 7.80. The quantitative estimate of drug-likeness (QED) is 0.844. The molecule has 0 amide bonds. The Balaban J connectivity index is 2.19. The highest BCUT2D eigenvalue weighted by atomic mass is 32.1. The Morgan fingerprint density at radius 3 is 2.83 bits per heavy atom. The minimum atomic E-state index is 0.419. The summed E-state index contributed by atoms with van der Waals surface area (Å²) < 4.78 is 0. The molecule has 0 spiro atoms. The summed E-state index contributed by atoms with van der Waals surface area (Å²) in [6.45, 7) is 4.78. The van der Waals surface area contributed by atoms with Gasteiger partial charge < -0.3 is 11.1 Å². The third-order valence-corrected chi connectivity index (χ3v) is 3.88. The van der Waals surface area contributed by atoms with Gasteiger partial charge in [-0.05, 0) is 26.0 Å². The predicted octanol–water partition coefficient (Wildman–Crippen LogP) is 3.01. The molecule has 2 rings (SSSR count). The van der Waals surface area contributed by atoms with Crippen molar-refractivity contribution in [1.82, 2.24) is 4.98 Å². The van der Waals surface area contributed by atoms with Gasteiger partial charge in [-0.15, -0.1) is 11.3 Å². The van der Waals surface area contributed by atoms with Crippen LogP contribution in [-0.2, 0) is 6.54 Å². The molecule has 0 saturated heterocycles. The van der Waals surface area contributed by atoms with Crippen molar-refractivity contribution in [3.05, 3.63) is 45.4 Å². The van der Waals surface area contributed by atoms with Crippen LogP contribution >= 0.6 is 23.6 Å². The van der Waals surface area contributed by atoms with E-state index in [1.165, 1.54) is 4.88 Å². The number of nitrogens with two attached hydrogens (primary N) is 1. The van der Waals surface area contributed by atoms with Gasteiger partial charge in [0.25, 0.3) is 0 Å². The number of anilines is 1. The molecule has 0 unspecified atom stereocenters. The first-order chi connectivity index (χ1) is 8.58. The molecule has 5 heteroatoms. The van der Waals surface area contributed by atoms with Gasteiger partial charge >= 0.3 is 0 Å². The van der Waals surface area contributed by atoms with Crippen molar-refractivity contribution in [3.8, 4) is 0 Å². The van der Waals surface area contributed by atoms with Crippen LogP contribution in [0.5, 0.6) is 0 Å². The van der Waals surface area contributed by atoms with Crippen LogP contribution in [-0.4, -0.2) is 9.97 Å². The highest BCUT2D eigenvalue weighted by Crippen LogP contribution is 2.20. The maximum atomic E-state index is 5.74. The van der Waals surface area contributed by atoms with E-state index in [0.29, 0.717) is 4.99 Å². The van der Waals surface area contributed by atoms with Crippen molar-refractivity contribution in [3.63, 3.8) is 0 Å². The molecule has 3 nitrogen and oxygen atoms in total. The van der Waals surface area contributed by atoms with Crippen LogP contribution in [0.4, 0.5) is 5.69 Å². The molecule has 3 N–H and O–H groups in total. The topological polar surface area (TPSA) is 50.9 Å². The molecule has 1 heterocycles. The average molecular weight is 277 g/mol. The van der Waals surface area contributed by atoms with Gasteiger partial charge in [-0.2, -0.15) is 0 Å². The zero-order chi connectivity index (χ0) is 13.1. The predicted molar refractivity (Wildman–Crippen MR) is 81.2 cm³/mol. The van der Waals surface area contributed by atoms with E-state index in [0.717, 1.165) is 29.1 Å². The molecule has 2 aromatic rings. The maximum Gasteiger partial charge on any atom is 0.106 e. The van der Waals surface area contributed by atoms with Gasteiger partial charge in [0.15, 0.2) is 0 Å². The number of nitrogens with zero attached hydrogens (tertiary/aromatic N) is 1. The SMILES string of the molecule is Cc1ccc(NCc2scnc2C)c(C(N)=S)c1. The van der Waals surface area contributed by atoms with Crippen molar-refractivity contribution in [2.24, 2.45) is 5.73 Å². The summed E-state index contributed by atoms with van der Waals surface area (Å²) in [5, 5.41) is 3.37. The summed E-state index contributed by atoms with van der Waals surface area (Å²) in [7, 11) is 0. The highest BCUT2D eigenvalue weighted by Gasteiger charge is 2.07. The summed E-state index contributed by atoms with van der Waals surface area (Å²) in [5.41, 5.74) is 11.7. The molecule has 1 aromatic carbocycles. The second-order valence-corrected chi connectivity index (χ2v) is 5.51. The van der Waals surface area contributed by atoms with Crippen LogP contribution in [0.25, 0.3) is 0 Å². The molecular weight excluding hydrogens is 262 g/mol. The number of aromatic nitrogens is 1. The van der Waals surface area contributed by atoms with Crippen LogP contribution in [0.15, 0.2) is 23.7 Å². The first kappa shape index (κ1) is 13.0. The van der Waals surface area contributed by atoms with E-state index in [9.17, 15) is 0 Å².